The van der Waals surface area contributed by atoms with Crippen molar-refractivity contribution in [1.29, 1.82) is 0 Å². The summed E-state index contributed by atoms with van der Waals surface area (Å²) in [5.74, 6) is -1.07. The molecule has 108 valence electrons. The summed E-state index contributed by atoms with van der Waals surface area (Å²) < 4.78 is 0. The van der Waals surface area contributed by atoms with Crippen LogP contribution in [-0.2, 0) is 9.59 Å². The lowest BCUT2D eigenvalue weighted by Crippen LogP contribution is -2.26. The van der Waals surface area contributed by atoms with Gasteiger partial charge in [-0.25, -0.2) is 0 Å². The predicted octanol–water partition coefficient (Wildman–Crippen LogP) is 3.33. The number of carbonyl (C=O) groups is 2. The van der Waals surface area contributed by atoms with Crippen LogP contribution in [-0.4, -0.2) is 35.5 Å². The lowest BCUT2D eigenvalue weighted by molar-refractivity contribution is -0.137. The molecule has 0 spiro atoms. The number of likely N-dealkylation sites (N-methyl/N-ethyl adjacent to an activating group) is 1. The summed E-state index contributed by atoms with van der Waals surface area (Å²) in [6, 6.07) is 5.00. The number of carboxylic acids is 1. The first-order valence-electron chi connectivity index (χ1n) is 5.99. The number of hydrogen-bond acceptors (Lipinski definition) is 2. The van der Waals surface area contributed by atoms with E-state index in [4.69, 9.17) is 28.3 Å². The number of amides is 1. The molecule has 0 saturated carbocycles. The fourth-order valence-electron chi connectivity index (χ4n) is 1.54. The van der Waals surface area contributed by atoms with Crippen LogP contribution in [0.25, 0.3) is 6.08 Å². The van der Waals surface area contributed by atoms with E-state index < -0.39 is 5.97 Å². The molecule has 0 atom stereocenters. The summed E-state index contributed by atoms with van der Waals surface area (Å²) in [6.45, 7) is 0.395. The smallest absolute Gasteiger partial charge is 0.303 e. The number of rotatable bonds is 6. The lowest BCUT2D eigenvalue weighted by Gasteiger charge is -2.13. The van der Waals surface area contributed by atoms with Crippen molar-refractivity contribution < 1.29 is 14.7 Å². The molecule has 1 N–H and O–H groups in total. The summed E-state index contributed by atoms with van der Waals surface area (Å²) in [5.41, 5.74) is 0.731. The van der Waals surface area contributed by atoms with E-state index in [2.05, 4.69) is 0 Å². The maximum atomic E-state index is 11.8. The third-order valence-corrected chi connectivity index (χ3v) is 3.00. The molecule has 0 aliphatic heterocycles. The topological polar surface area (TPSA) is 57.6 Å². The molecule has 0 bridgehead atoms. The Labute approximate surface area is 127 Å². The van der Waals surface area contributed by atoms with Crippen molar-refractivity contribution in [1.82, 2.24) is 4.90 Å². The second-order valence-corrected chi connectivity index (χ2v) is 5.17. The quantitative estimate of drug-likeness (QED) is 0.819. The SMILES string of the molecule is CN(CCCC(=O)O)C(=O)/C=C/c1cc(Cl)cc(Cl)c1. The fraction of sp³-hybridized carbons (Fsp3) is 0.286. The molecule has 1 rings (SSSR count). The first kappa shape index (κ1) is 16.5. The van der Waals surface area contributed by atoms with Gasteiger partial charge in [0.15, 0.2) is 0 Å². The zero-order chi connectivity index (χ0) is 15.1. The summed E-state index contributed by atoms with van der Waals surface area (Å²) >= 11 is 11.7. The highest BCUT2D eigenvalue weighted by atomic mass is 35.5. The number of nitrogens with zero attached hydrogens (tertiary/aromatic N) is 1. The van der Waals surface area contributed by atoms with Crippen LogP contribution < -0.4 is 0 Å². The highest BCUT2D eigenvalue weighted by molar-refractivity contribution is 6.34. The number of carbonyl (C=O) groups excluding carboxylic acids is 1. The van der Waals surface area contributed by atoms with Gasteiger partial charge in [0.2, 0.25) is 5.91 Å². The van der Waals surface area contributed by atoms with Gasteiger partial charge in [0.1, 0.15) is 0 Å². The van der Waals surface area contributed by atoms with Gasteiger partial charge in [0.05, 0.1) is 0 Å². The zero-order valence-corrected chi connectivity index (χ0v) is 12.5. The van der Waals surface area contributed by atoms with E-state index in [0.29, 0.717) is 23.0 Å². The molecule has 20 heavy (non-hydrogen) atoms. The van der Waals surface area contributed by atoms with Crippen molar-refractivity contribution in [2.75, 3.05) is 13.6 Å². The van der Waals surface area contributed by atoms with E-state index in [1.807, 2.05) is 0 Å². The Kier molecular flexibility index (Phi) is 6.55. The van der Waals surface area contributed by atoms with E-state index >= 15 is 0 Å². The predicted molar refractivity (Wildman–Crippen MR) is 80.0 cm³/mol. The van der Waals surface area contributed by atoms with E-state index in [-0.39, 0.29) is 12.3 Å². The molecule has 6 heteroatoms. The van der Waals surface area contributed by atoms with Crippen molar-refractivity contribution >= 4 is 41.2 Å². The number of aliphatic carboxylic acids is 1. The molecule has 0 aromatic heterocycles. The van der Waals surface area contributed by atoms with Crippen molar-refractivity contribution in [3.63, 3.8) is 0 Å². The normalized spacial score (nSPS) is 10.8. The highest BCUT2D eigenvalue weighted by Gasteiger charge is 2.06. The summed E-state index contributed by atoms with van der Waals surface area (Å²) in [6.07, 6.45) is 3.50. The Bertz CT molecular complexity index is 509. The second-order valence-electron chi connectivity index (χ2n) is 4.29. The highest BCUT2D eigenvalue weighted by Crippen LogP contribution is 2.19. The lowest BCUT2D eigenvalue weighted by atomic mass is 10.2. The van der Waals surface area contributed by atoms with E-state index in [0.717, 1.165) is 5.56 Å². The molecule has 0 aliphatic rings. The molecule has 1 aromatic carbocycles. The van der Waals surface area contributed by atoms with E-state index in [9.17, 15) is 9.59 Å². The molecule has 0 unspecified atom stereocenters. The Morgan fingerprint density at radius 1 is 1.25 bits per heavy atom. The summed E-state index contributed by atoms with van der Waals surface area (Å²) in [7, 11) is 1.62. The third kappa shape index (κ3) is 6.08. The van der Waals surface area contributed by atoms with Gasteiger partial charge in [-0.2, -0.15) is 0 Å². The molecule has 4 nitrogen and oxygen atoms in total. The van der Waals surface area contributed by atoms with Crippen molar-refractivity contribution in [2.24, 2.45) is 0 Å². The van der Waals surface area contributed by atoms with Crippen LogP contribution in [0.15, 0.2) is 24.3 Å². The van der Waals surface area contributed by atoms with Crippen LogP contribution in [0, 0.1) is 0 Å². The minimum atomic E-state index is -0.866. The van der Waals surface area contributed by atoms with Crippen LogP contribution in [0.2, 0.25) is 10.0 Å². The first-order valence-corrected chi connectivity index (χ1v) is 6.75. The second kappa shape index (κ2) is 7.92. The Hall–Kier alpha value is -1.52. The molecule has 1 aromatic rings. The third-order valence-electron chi connectivity index (χ3n) is 2.56. The van der Waals surface area contributed by atoms with Crippen LogP contribution in [0.4, 0.5) is 0 Å². The first-order chi connectivity index (χ1) is 9.38. The van der Waals surface area contributed by atoms with Gasteiger partial charge in [0, 0.05) is 36.1 Å². The number of benzene rings is 1. The molecule has 0 saturated heterocycles. The zero-order valence-electron chi connectivity index (χ0n) is 11.0. The maximum Gasteiger partial charge on any atom is 0.303 e. The van der Waals surface area contributed by atoms with Gasteiger partial charge in [-0.3, -0.25) is 9.59 Å². The minimum absolute atomic E-state index is 0.0469. The summed E-state index contributed by atoms with van der Waals surface area (Å²) in [4.78, 5) is 23.6. The minimum Gasteiger partial charge on any atom is -0.481 e. The van der Waals surface area contributed by atoms with Crippen LogP contribution in [0.1, 0.15) is 18.4 Å². The van der Waals surface area contributed by atoms with Crippen LogP contribution in [0.5, 0.6) is 0 Å². The number of carboxylic acid groups (broad SMARTS) is 1. The monoisotopic (exact) mass is 315 g/mol. The molecule has 1 amide bonds. The fourth-order valence-corrected chi connectivity index (χ4v) is 2.09. The van der Waals surface area contributed by atoms with Crippen molar-refractivity contribution in [3.8, 4) is 0 Å². The Morgan fingerprint density at radius 2 is 1.85 bits per heavy atom. The average molecular weight is 316 g/mol. The van der Waals surface area contributed by atoms with Gasteiger partial charge in [-0.1, -0.05) is 23.2 Å². The maximum absolute atomic E-state index is 11.8. The Balaban J connectivity index is 2.55. The van der Waals surface area contributed by atoms with Crippen LogP contribution in [0.3, 0.4) is 0 Å². The van der Waals surface area contributed by atoms with Gasteiger partial charge in [-0.15, -0.1) is 0 Å². The molecule has 0 radical (unpaired) electrons. The van der Waals surface area contributed by atoms with E-state index in [1.165, 1.54) is 11.0 Å². The van der Waals surface area contributed by atoms with Crippen LogP contribution >= 0.6 is 23.2 Å². The van der Waals surface area contributed by atoms with Gasteiger partial charge in [-0.05, 0) is 36.3 Å². The molecular formula is C14H15Cl2NO3. The number of hydrogen-bond donors (Lipinski definition) is 1. The van der Waals surface area contributed by atoms with Crippen molar-refractivity contribution in [2.45, 2.75) is 12.8 Å². The van der Waals surface area contributed by atoms with Gasteiger partial charge < -0.3 is 10.0 Å². The Morgan fingerprint density at radius 3 is 2.40 bits per heavy atom. The molecule has 0 heterocycles. The van der Waals surface area contributed by atoms with Crippen molar-refractivity contribution in [3.05, 3.63) is 39.9 Å². The number of halogens is 2. The largest absolute Gasteiger partial charge is 0.481 e. The molecule has 0 aliphatic carbocycles. The standard InChI is InChI=1S/C14H15Cl2NO3/c1-17(6-2-3-14(19)20)13(18)5-4-10-7-11(15)9-12(16)8-10/h4-5,7-9H,2-3,6H2,1H3,(H,19,20)/b5-4+. The van der Waals surface area contributed by atoms with E-state index in [1.54, 1.807) is 31.3 Å². The van der Waals surface area contributed by atoms with Gasteiger partial charge in [0.25, 0.3) is 0 Å². The summed E-state index contributed by atoms with van der Waals surface area (Å²) in [5, 5.41) is 9.53. The average Bonchev–Trinajstić information content (AvgIpc) is 2.34. The molecule has 0 fully saturated rings. The van der Waals surface area contributed by atoms with Gasteiger partial charge >= 0.3 is 5.97 Å². The molecular weight excluding hydrogens is 301 g/mol.